The van der Waals surface area contributed by atoms with Crippen LogP contribution < -0.4 is 0 Å². The highest BCUT2D eigenvalue weighted by Crippen LogP contribution is 2.21. The van der Waals surface area contributed by atoms with E-state index in [1.807, 2.05) is 6.92 Å². The Balaban J connectivity index is 1.95. The first-order chi connectivity index (χ1) is 10.3. The first-order valence-corrected chi connectivity index (χ1v) is 8.32. The third-order valence-corrected chi connectivity index (χ3v) is 5.03. The summed E-state index contributed by atoms with van der Waals surface area (Å²) in [6.07, 6.45) is -1.67. The van der Waals surface area contributed by atoms with Crippen LogP contribution in [0.1, 0.15) is 12.0 Å². The van der Waals surface area contributed by atoms with Crippen molar-refractivity contribution in [2.45, 2.75) is 24.3 Å². The number of benzene rings is 1. The Labute approximate surface area is 129 Å². The Morgan fingerprint density at radius 1 is 1.36 bits per heavy atom. The van der Waals surface area contributed by atoms with Crippen LogP contribution in [0.3, 0.4) is 0 Å². The van der Waals surface area contributed by atoms with Crippen molar-refractivity contribution in [3.05, 3.63) is 29.8 Å². The van der Waals surface area contributed by atoms with Gasteiger partial charge in [-0.15, -0.1) is 0 Å². The average molecular weight is 329 g/mol. The quantitative estimate of drug-likeness (QED) is 0.801. The summed E-state index contributed by atoms with van der Waals surface area (Å²) in [6, 6.07) is 6.29. The molecule has 2 N–H and O–H groups in total. The summed E-state index contributed by atoms with van der Waals surface area (Å²) in [4.78, 5) is 12.0. The minimum atomic E-state index is -3.87. The molecule has 1 heterocycles. The second-order valence-corrected chi connectivity index (χ2v) is 7.01. The molecule has 0 unspecified atom stereocenters. The topological polar surface area (TPSA) is 104 Å². The third-order valence-electron chi connectivity index (χ3n) is 3.74. The van der Waals surface area contributed by atoms with Gasteiger partial charge in [-0.2, -0.15) is 8.42 Å². The number of aliphatic hydroxyl groups is 1. The number of likely N-dealkylation sites (tertiary alicyclic amines) is 1. The lowest BCUT2D eigenvalue weighted by Gasteiger charge is -2.33. The van der Waals surface area contributed by atoms with E-state index in [2.05, 4.69) is 0 Å². The molecule has 2 rings (SSSR count). The van der Waals surface area contributed by atoms with Crippen LogP contribution in [0.5, 0.6) is 0 Å². The minimum Gasteiger partial charge on any atom is -0.465 e. The molecule has 1 fully saturated rings. The van der Waals surface area contributed by atoms with Gasteiger partial charge in [0.15, 0.2) is 0 Å². The smallest absolute Gasteiger partial charge is 0.407 e. The normalized spacial score (nSPS) is 22.5. The van der Waals surface area contributed by atoms with E-state index in [1.54, 1.807) is 12.1 Å². The molecule has 1 aromatic rings. The molecule has 0 saturated carbocycles. The van der Waals surface area contributed by atoms with E-state index in [0.717, 1.165) is 10.5 Å². The molecular weight excluding hydrogens is 310 g/mol. The highest BCUT2D eigenvalue weighted by Gasteiger charge is 2.31. The van der Waals surface area contributed by atoms with Crippen molar-refractivity contribution in [1.82, 2.24) is 4.90 Å². The second-order valence-electron chi connectivity index (χ2n) is 5.40. The van der Waals surface area contributed by atoms with Gasteiger partial charge < -0.3 is 15.1 Å². The molecule has 1 amide bonds. The molecule has 0 spiro atoms. The van der Waals surface area contributed by atoms with E-state index < -0.39 is 28.2 Å². The number of carboxylic acid groups (broad SMARTS) is 1. The maximum absolute atomic E-state index is 12.1. The van der Waals surface area contributed by atoms with Gasteiger partial charge >= 0.3 is 6.09 Å². The van der Waals surface area contributed by atoms with Crippen LogP contribution in [0.2, 0.25) is 0 Å². The molecule has 1 aromatic carbocycles. The molecule has 1 aliphatic rings. The number of aliphatic hydroxyl groups excluding tert-OH is 1. The van der Waals surface area contributed by atoms with Crippen molar-refractivity contribution in [2.24, 2.45) is 5.92 Å². The third kappa shape index (κ3) is 3.96. The van der Waals surface area contributed by atoms with Crippen LogP contribution in [0.4, 0.5) is 4.79 Å². The van der Waals surface area contributed by atoms with Gasteiger partial charge in [0.2, 0.25) is 0 Å². The molecule has 0 bridgehead atoms. The van der Waals surface area contributed by atoms with Gasteiger partial charge in [0, 0.05) is 12.5 Å². The van der Waals surface area contributed by atoms with Crippen molar-refractivity contribution < 1.29 is 27.6 Å². The largest absolute Gasteiger partial charge is 0.465 e. The highest BCUT2D eigenvalue weighted by atomic mass is 32.2. The van der Waals surface area contributed by atoms with Crippen LogP contribution in [-0.2, 0) is 14.3 Å². The number of rotatable bonds is 4. The highest BCUT2D eigenvalue weighted by molar-refractivity contribution is 7.86. The number of β-amino-alcohol motifs (C(OH)–C–C–N with tert-alkyl or cyclic N) is 1. The summed E-state index contributed by atoms with van der Waals surface area (Å²) < 4.78 is 29.1. The average Bonchev–Trinajstić information content (AvgIpc) is 2.46. The molecule has 8 heteroatoms. The standard InChI is InChI=1S/C14H19NO6S/c1-10-2-4-12(5-3-10)22(19,20)21-9-11-6-7-15(14(17)18)8-13(11)16/h2-5,11,13,16H,6-9H2,1H3,(H,17,18)/t11-,13-/m1/s1. The fraction of sp³-hybridized carbons (Fsp3) is 0.500. The van der Waals surface area contributed by atoms with Crippen LogP contribution >= 0.6 is 0 Å². The van der Waals surface area contributed by atoms with Crippen LogP contribution in [0.25, 0.3) is 0 Å². The Bertz CT molecular complexity index is 627. The fourth-order valence-electron chi connectivity index (χ4n) is 2.30. The van der Waals surface area contributed by atoms with E-state index in [1.165, 1.54) is 12.1 Å². The number of aryl methyl sites for hydroxylation is 1. The summed E-state index contributed by atoms with van der Waals surface area (Å²) in [6.45, 7) is 1.91. The Morgan fingerprint density at radius 2 is 2.00 bits per heavy atom. The van der Waals surface area contributed by atoms with Gasteiger partial charge in [-0.1, -0.05) is 17.7 Å². The number of nitrogens with zero attached hydrogens (tertiary/aromatic N) is 1. The molecule has 0 aromatic heterocycles. The summed E-state index contributed by atoms with van der Waals surface area (Å²) in [5.74, 6) is -0.407. The van der Waals surface area contributed by atoms with E-state index in [-0.39, 0.29) is 24.6 Å². The van der Waals surface area contributed by atoms with Gasteiger partial charge in [0.1, 0.15) is 0 Å². The van der Waals surface area contributed by atoms with Crippen LogP contribution in [0.15, 0.2) is 29.2 Å². The second kappa shape index (κ2) is 6.64. The number of carbonyl (C=O) groups is 1. The minimum absolute atomic E-state index is 0.0338. The lowest BCUT2D eigenvalue weighted by atomic mass is 9.95. The van der Waals surface area contributed by atoms with Gasteiger partial charge in [0.05, 0.1) is 24.2 Å². The first-order valence-electron chi connectivity index (χ1n) is 6.91. The van der Waals surface area contributed by atoms with Crippen molar-refractivity contribution in [1.29, 1.82) is 0 Å². The zero-order chi connectivity index (χ0) is 16.3. The Hall–Kier alpha value is -1.64. The molecular formula is C14H19NO6S. The summed E-state index contributed by atoms with van der Waals surface area (Å²) in [5.41, 5.74) is 0.940. The van der Waals surface area contributed by atoms with Crippen molar-refractivity contribution in [3.8, 4) is 0 Å². The molecule has 7 nitrogen and oxygen atoms in total. The van der Waals surface area contributed by atoms with Crippen LogP contribution in [-0.4, -0.2) is 55.4 Å². The molecule has 1 saturated heterocycles. The fourth-order valence-corrected chi connectivity index (χ4v) is 3.26. The monoisotopic (exact) mass is 329 g/mol. The number of hydrogen-bond donors (Lipinski definition) is 2. The predicted molar refractivity (Wildman–Crippen MR) is 78.0 cm³/mol. The molecule has 122 valence electrons. The van der Waals surface area contributed by atoms with E-state index in [9.17, 15) is 18.3 Å². The number of piperidine rings is 1. The van der Waals surface area contributed by atoms with Gasteiger partial charge in [0.25, 0.3) is 10.1 Å². The first kappa shape index (κ1) is 16.7. The zero-order valence-corrected chi connectivity index (χ0v) is 13.0. The Kier molecular flexibility index (Phi) is 5.05. The summed E-state index contributed by atoms with van der Waals surface area (Å²) in [7, 11) is -3.87. The molecule has 2 atom stereocenters. The number of hydrogen-bond acceptors (Lipinski definition) is 5. The van der Waals surface area contributed by atoms with E-state index in [0.29, 0.717) is 6.42 Å². The van der Waals surface area contributed by atoms with Crippen molar-refractivity contribution >= 4 is 16.2 Å². The SMILES string of the molecule is Cc1ccc(S(=O)(=O)OC[C@H]2CCN(C(=O)O)C[C@H]2O)cc1. The molecule has 1 aliphatic heterocycles. The maximum atomic E-state index is 12.1. The lowest BCUT2D eigenvalue weighted by molar-refractivity contribution is 0.00784. The molecule has 0 radical (unpaired) electrons. The molecule has 0 aliphatic carbocycles. The van der Waals surface area contributed by atoms with Gasteiger partial charge in [-0.05, 0) is 25.5 Å². The lowest BCUT2D eigenvalue weighted by Crippen LogP contribution is -2.47. The van der Waals surface area contributed by atoms with E-state index >= 15 is 0 Å². The zero-order valence-electron chi connectivity index (χ0n) is 12.2. The van der Waals surface area contributed by atoms with Gasteiger partial charge in [-0.3, -0.25) is 4.18 Å². The van der Waals surface area contributed by atoms with Gasteiger partial charge in [-0.25, -0.2) is 4.79 Å². The van der Waals surface area contributed by atoms with Crippen LogP contribution in [0, 0.1) is 12.8 Å². The summed E-state index contributed by atoms with van der Waals surface area (Å²) in [5, 5.41) is 18.8. The number of amides is 1. The molecule has 22 heavy (non-hydrogen) atoms. The van der Waals surface area contributed by atoms with Crippen molar-refractivity contribution in [2.75, 3.05) is 19.7 Å². The summed E-state index contributed by atoms with van der Waals surface area (Å²) >= 11 is 0. The maximum Gasteiger partial charge on any atom is 0.407 e. The van der Waals surface area contributed by atoms with E-state index in [4.69, 9.17) is 9.29 Å². The van der Waals surface area contributed by atoms with Crippen molar-refractivity contribution in [3.63, 3.8) is 0 Å². The predicted octanol–water partition coefficient (Wildman–Crippen LogP) is 1.06. The Morgan fingerprint density at radius 3 is 2.55 bits per heavy atom.